The van der Waals surface area contributed by atoms with E-state index in [-0.39, 0.29) is 18.6 Å². The molecule has 29 heavy (non-hydrogen) atoms. The Morgan fingerprint density at radius 3 is 2.66 bits per heavy atom. The van der Waals surface area contributed by atoms with E-state index in [1.807, 2.05) is 32.0 Å². The van der Waals surface area contributed by atoms with Gasteiger partial charge in [0.25, 0.3) is 5.91 Å². The highest BCUT2D eigenvalue weighted by Gasteiger charge is 2.16. The monoisotopic (exact) mass is 397 g/mol. The molecule has 3 rings (SSSR count). The predicted octanol–water partition coefficient (Wildman–Crippen LogP) is 3.91. The van der Waals surface area contributed by atoms with Crippen LogP contribution in [0.2, 0.25) is 0 Å². The number of rotatable bonds is 8. The first-order valence-corrected chi connectivity index (χ1v) is 9.96. The molecule has 6 nitrogen and oxygen atoms in total. The fourth-order valence-electron chi connectivity index (χ4n) is 3.24. The van der Waals surface area contributed by atoms with E-state index in [1.54, 1.807) is 24.3 Å². The molecule has 0 unspecified atom stereocenters. The summed E-state index contributed by atoms with van der Waals surface area (Å²) in [5.41, 5.74) is 3.17. The van der Waals surface area contributed by atoms with Crippen molar-refractivity contribution in [2.24, 2.45) is 0 Å². The van der Waals surface area contributed by atoms with Gasteiger partial charge in [0.15, 0.2) is 6.61 Å². The summed E-state index contributed by atoms with van der Waals surface area (Å²) in [6.45, 7) is 4.91. The average molecular weight is 397 g/mol. The molecular weight excluding hydrogens is 370 g/mol. The van der Waals surface area contributed by atoms with E-state index in [9.17, 15) is 9.59 Å². The Labute approximate surface area is 171 Å². The van der Waals surface area contributed by atoms with Crippen molar-refractivity contribution in [1.29, 1.82) is 0 Å². The maximum absolute atomic E-state index is 12.2. The van der Waals surface area contributed by atoms with Crippen LogP contribution < -0.4 is 10.1 Å². The zero-order chi connectivity index (χ0) is 20.6. The van der Waals surface area contributed by atoms with Crippen molar-refractivity contribution in [2.45, 2.75) is 39.2 Å². The minimum atomic E-state index is -0.550. The lowest BCUT2D eigenvalue weighted by Gasteiger charge is -2.13. The van der Waals surface area contributed by atoms with Crippen molar-refractivity contribution in [3.05, 3.63) is 59.2 Å². The van der Waals surface area contributed by atoms with Crippen LogP contribution in [0.1, 0.15) is 41.3 Å². The van der Waals surface area contributed by atoms with E-state index in [2.05, 4.69) is 5.32 Å². The highest BCUT2D eigenvalue weighted by Crippen LogP contribution is 2.21. The molecule has 1 saturated heterocycles. The van der Waals surface area contributed by atoms with E-state index in [1.165, 1.54) is 0 Å². The second-order valence-electron chi connectivity index (χ2n) is 7.06. The van der Waals surface area contributed by atoms with Crippen LogP contribution in [-0.4, -0.2) is 37.8 Å². The summed E-state index contributed by atoms with van der Waals surface area (Å²) in [6, 6.07) is 12.5. The van der Waals surface area contributed by atoms with Crippen LogP contribution in [0.3, 0.4) is 0 Å². The quantitative estimate of drug-likeness (QED) is 0.684. The fourth-order valence-corrected chi connectivity index (χ4v) is 3.24. The lowest BCUT2D eigenvalue weighted by atomic mass is 10.1. The molecule has 0 bridgehead atoms. The molecule has 154 valence electrons. The van der Waals surface area contributed by atoms with E-state index >= 15 is 0 Å². The number of benzene rings is 2. The summed E-state index contributed by atoms with van der Waals surface area (Å²) >= 11 is 0. The first kappa shape index (κ1) is 20.9. The van der Waals surface area contributed by atoms with Gasteiger partial charge in [-0.1, -0.05) is 25.1 Å². The van der Waals surface area contributed by atoms with Crippen molar-refractivity contribution in [3.8, 4) is 5.75 Å². The molecule has 1 heterocycles. The summed E-state index contributed by atoms with van der Waals surface area (Å²) in [4.78, 5) is 24.4. The Kier molecular flexibility index (Phi) is 7.25. The van der Waals surface area contributed by atoms with Gasteiger partial charge in [0.05, 0.1) is 11.7 Å². The van der Waals surface area contributed by atoms with Crippen LogP contribution in [0.4, 0.5) is 5.69 Å². The molecule has 0 aromatic heterocycles. The van der Waals surface area contributed by atoms with Crippen molar-refractivity contribution in [2.75, 3.05) is 25.1 Å². The zero-order valence-electron chi connectivity index (χ0n) is 16.9. The predicted molar refractivity (Wildman–Crippen MR) is 110 cm³/mol. The third-order valence-electron chi connectivity index (χ3n) is 4.89. The molecule has 1 atom stereocenters. The molecule has 0 spiro atoms. The van der Waals surface area contributed by atoms with Crippen LogP contribution in [0, 0.1) is 6.92 Å². The number of nitrogens with one attached hydrogen (secondary N) is 1. The van der Waals surface area contributed by atoms with Crippen molar-refractivity contribution in [1.82, 2.24) is 0 Å². The minimum absolute atomic E-state index is 0.139. The number of carbonyl (C=O) groups excluding carboxylic acids is 2. The lowest BCUT2D eigenvalue weighted by Crippen LogP contribution is -2.22. The molecule has 1 amide bonds. The summed E-state index contributed by atoms with van der Waals surface area (Å²) in [5, 5.41) is 2.84. The van der Waals surface area contributed by atoms with Crippen molar-refractivity contribution >= 4 is 17.6 Å². The second kappa shape index (κ2) is 10.1. The maximum atomic E-state index is 12.2. The normalized spacial score (nSPS) is 15.7. The third kappa shape index (κ3) is 5.81. The second-order valence-corrected chi connectivity index (χ2v) is 7.06. The van der Waals surface area contributed by atoms with Crippen LogP contribution >= 0.6 is 0 Å². The van der Waals surface area contributed by atoms with Gasteiger partial charge in [-0.15, -0.1) is 0 Å². The Balaban J connectivity index is 1.48. The highest BCUT2D eigenvalue weighted by atomic mass is 16.5. The number of anilines is 1. The number of carbonyl (C=O) groups is 2. The Hall–Kier alpha value is -2.86. The zero-order valence-corrected chi connectivity index (χ0v) is 16.9. The summed E-state index contributed by atoms with van der Waals surface area (Å²) in [6.07, 6.45) is 3.02. The number of para-hydroxylation sites is 1. The van der Waals surface area contributed by atoms with E-state index in [4.69, 9.17) is 14.2 Å². The summed E-state index contributed by atoms with van der Waals surface area (Å²) in [5.74, 6) is -0.244. The van der Waals surface area contributed by atoms with Gasteiger partial charge in [0.1, 0.15) is 12.4 Å². The number of esters is 1. The van der Waals surface area contributed by atoms with E-state index in [0.29, 0.717) is 17.9 Å². The standard InChI is InChI=1S/C23H27NO5/c1-3-17-7-4-6-16(2)22(17)24-21(25)15-29-23(26)18-9-11-19(12-10-18)28-14-20-8-5-13-27-20/h4,6-7,9-12,20H,3,5,8,13-15H2,1-2H3,(H,24,25)/t20-/m1/s1. The molecule has 6 heteroatoms. The van der Waals surface area contributed by atoms with E-state index in [0.717, 1.165) is 42.7 Å². The Morgan fingerprint density at radius 1 is 1.17 bits per heavy atom. The van der Waals surface area contributed by atoms with Gasteiger partial charge in [-0.3, -0.25) is 4.79 Å². The van der Waals surface area contributed by atoms with Crippen molar-refractivity contribution < 1.29 is 23.8 Å². The fraction of sp³-hybridized carbons (Fsp3) is 0.391. The molecule has 0 aliphatic carbocycles. The number of ether oxygens (including phenoxy) is 3. The Morgan fingerprint density at radius 2 is 1.97 bits per heavy atom. The SMILES string of the molecule is CCc1cccc(C)c1NC(=O)COC(=O)c1ccc(OC[C@H]2CCCO2)cc1. The lowest BCUT2D eigenvalue weighted by molar-refractivity contribution is -0.119. The van der Waals surface area contributed by atoms with Gasteiger partial charge in [0, 0.05) is 12.3 Å². The molecule has 2 aromatic rings. The number of hydrogen-bond acceptors (Lipinski definition) is 5. The average Bonchev–Trinajstić information content (AvgIpc) is 3.26. The summed E-state index contributed by atoms with van der Waals surface area (Å²) in [7, 11) is 0. The number of hydrogen-bond donors (Lipinski definition) is 1. The molecule has 1 fully saturated rings. The molecular formula is C23H27NO5. The van der Waals surface area contributed by atoms with Crippen LogP contribution in [0.25, 0.3) is 0 Å². The minimum Gasteiger partial charge on any atom is -0.491 e. The molecule has 0 radical (unpaired) electrons. The highest BCUT2D eigenvalue weighted by molar-refractivity contribution is 5.96. The first-order chi connectivity index (χ1) is 14.1. The maximum Gasteiger partial charge on any atom is 0.338 e. The Bertz CT molecular complexity index is 841. The van der Waals surface area contributed by atoms with Gasteiger partial charge in [-0.25, -0.2) is 4.79 Å². The van der Waals surface area contributed by atoms with Crippen LogP contribution in [0.5, 0.6) is 5.75 Å². The largest absolute Gasteiger partial charge is 0.491 e. The van der Waals surface area contributed by atoms with Crippen LogP contribution in [-0.2, 0) is 20.7 Å². The van der Waals surface area contributed by atoms with Gasteiger partial charge in [-0.2, -0.15) is 0 Å². The first-order valence-electron chi connectivity index (χ1n) is 9.96. The summed E-state index contributed by atoms with van der Waals surface area (Å²) < 4.78 is 16.3. The smallest absolute Gasteiger partial charge is 0.338 e. The van der Waals surface area contributed by atoms with E-state index < -0.39 is 5.97 Å². The van der Waals surface area contributed by atoms with Crippen LogP contribution in [0.15, 0.2) is 42.5 Å². The van der Waals surface area contributed by atoms with Crippen molar-refractivity contribution in [3.63, 3.8) is 0 Å². The third-order valence-corrected chi connectivity index (χ3v) is 4.89. The molecule has 0 saturated carbocycles. The van der Waals surface area contributed by atoms with Gasteiger partial charge < -0.3 is 19.5 Å². The van der Waals surface area contributed by atoms with Gasteiger partial charge in [0.2, 0.25) is 0 Å². The van der Waals surface area contributed by atoms with Gasteiger partial charge >= 0.3 is 5.97 Å². The molecule has 1 aliphatic rings. The molecule has 1 aliphatic heterocycles. The molecule has 1 N–H and O–H groups in total. The number of amides is 1. The van der Waals surface area contributed by atoms with Gasteiger partial charge in [-0.05, 0) is 61.6 Å². The molecule has 2 aromatic carbocycles. The number of aryl methyl sites for hydroxylation is 2. The topological polar surface area (TPSA) is 73.9 Å².